The van der Waals surface area contributed by atoms with Crippen molar-refractivity contribution in [3.8, 4) is 11.5 Å². The molecule has 4 aromatic rings. The van der Waals surface area contributed by atoms with E-state index in [9.17, 15) is 39.6 Å². The molecule has 3 aliphatic rings. The van der Waals surface area contributed by atoms with E-state index in [2.05, 4.69) is 15.1 Å². The quantitative estimate of drug-likeness (QED) is 0.102. The van der Waals surface area contributed by atoms with Crippen molar-refractivity contribution in [3.63, 3.8) is 0 Å². The molecule has 5 N–H and O–H groups in total. The van der Waals surface area contributed by atoms with E-state index in [1.807, 2.05) is 14.1 Å². The Morgan fingerprint density at radius 1 is 0.955 bits per heavy atom. The van der Waals surface area contributed by atoms with Crippen molar-refractivity contribution in [2.45, 2.75) is 104 Å². The molecule has 0 saturated carbocycles. The summed E-state index contributed by atoms with van der Waals surface area (Å²) in [6.07, 6.45) is 5.30. The van der Waals surface area contributed by atoms with Crippen molar-refractivity contribution in [1.29, 1.82) is 0 Å². The second-order valence-corrected chi connectivity index (χ2v) is 18.7. The molecule has 1 saturated heterocycles. The van der Waals surface area contributed by atoms with E-state index in [-0.39, 0.29) is 60.8 Å². The predicted octanol–water partition coefficient (Wildman–Crippen LogP) is 5.09. The molecule has 1 aromatic heterocycles. The molecule has 0 aliphatic carbocycles. The average Bonchev–Trinajstić information content (AvgIpc) is 3.56. The number of carbonyl (C=O) groups excluding carboxylic acids is 2. The van der Waals surface area contributed by atoms with Crippen LogP contribution in [0.2, 0.25) is 0 Å². The van der Waals surface area contributed by atoms with Crippen molar-refractivity contribution in [2.75, 3.05) is 44.5 Å². The Labute approximate surface area is 387 Å². The summed E-state index contributed by atoms with van der Waals surface area (Å²) in [6, 6.07) is 3.54. The number of anilines is 2. The first-order chi connectivity index (χ1) is 31.6. The Morgan fingerprint density at radius 2 is 1.64 bits per heavy atom. The number of nitrogens with zero attached hydrogens (tertiary/aromatic N) is 3. The van der Waals surface area contributed by atoms with Crippen molar-refractivity contribution >= 4 is 62.0 Å². The Hall–Kier alpha value is -6.01. The maximum absolute atomic E-state index is 14.9. The highest BCUT2D eigenvalue weighted by molar-refractivity contribution is 6.16. The minimum Gasteiger partial charge on any atom is -0.507 e. The van der Waals surface area contributed by atoms with Gasteiger partial charge in [-0.15, -0.1) is 0 Å². The van der Waals surface area contributed by atoms with Crippen LogP contribution >= 0.6 is 0 Å². The predicted molar refractivity (Wildman–Crippen MR) is 254 cm³/mol. The van der Waals surface area contributed by atoms with Crippen molar-refractivity contribution in [1.82, 2.24) is 9.88 Å². The standard InChI is InChI=1S/C50H62N4O13/c1-23-13-12-14-24(2)49(62)52-40-44(60)36-35(39-47(40)66-34-22-31(21-32(56)38(34)51-39)54-18-15-30(16-19-54)53(9)10)37-46(28(6)43(36)59)67-50(8,48(37)61)64-20-17-33(63-11)25(3)45(65-29(7)55)27(5)42(58)26(4)41(23)57/h12-14,17,20-23,25-27,30,33,41-42,45,57-59,61H,15-16,18-19H2,1-11H3,(H,52,62)/b13-12+,20-17+,24-14-/t23-,25+,26+,27+,33-,41-,42+,45+,50-/m0/s1. The number of aliphatic hydroxyl groups is 3. The summed E-state index contributed by atoms with van der Waals surface area (Å²) in [4.78, 5) is 64.4. The third kappa shape index (κ3) is 8.97. The van der Waals surface area contributed by atoms with Gasteiger partial charge >= 0.3 is 11.8 Å². The number of ether oxygens (including phenoxy) is 4. The minimum atomic E-state index is -1.98. The Bertz CT molecular complexity index is 2880. The zero-order valence-electron chi connectivity index (χ0n) is 39.9. The van der Waals surface area contributed by atoms with Crippen LogP contribution in [0.1, 0.15) is 66.9 Å². The van der Waals surface area contributed by atoms with Gasteiger partial charge in [-0.2, -0.15) is 0 Å². The van der Waals surface area contributed by atoms with Gasteiger partial charge < -0.3 is 58.9 Å². The van der Waals surface area contributed by atoms with Gasteiger partial charge in [0.05, 0.1) is 35.2 Å². The molecule has 17 nitrogen and oxygen atoms in total. The van der Waals surface area contributed by atoms with E-state index < -0.39 is 88.1 Å². The van der Waals surface area contributed by atoms with E-state index in [4.69, 9.17) is 28.3 Å². The number of rotatable bonds is 4. The average molecular weight is 927 g/mol. The van der Waals surface area contributed by atoms with Crippen LogP contribution in [0, 0.1) is 30.6 Å². The summed E-state index contributed by atoms with van der Waals surface area (Å²) in [5, 5.41) is 49.3. The van der Waals surface area contributed by atoms with Crippen LogP contribution in [0.4, 0.5) is 11.4 Å². The summed E-state index contributed by atoms with van der Waals surface area (Å²) in [6.45, 7) is 14.0. The normalized spacial score (nSPS) is 29.8. The summed E-state index contributed by atoms with van der Waals surface area (Å²) < 4.78 is 30.5. The van der Waals surface area contributed by atoms with Crippen LogP contribution in [0.3, 0.4) is 0 Å². The smallest absolute Gasteiger partial charge is 0.307 e. The van der Waals surface area contributed by atoms with E-state index in [0.29, 0.717) is 24.8 Å². The molecule has 3 aromatic carbocycles. The number of aromatic hydroxyl groups is 1. The zero-order valence-corrected chi connectivity index (χ0v) is 39.9. The first-order valence-electron chi connectivity index (χ1n) is 22.6. The van der Waals surface area contributed by atoms with Crippen LogP contribution < -0.4 is 31.0 Å². The van der Waals surface area contributed by atoms with Gasteiger partial charge in [0, 0.05) is 98.1 Å². The molecule has 0 unspecified atom stereocenters. The Balaban J connectivity index is 1.47. The van der Waals surface area contributed by atoms with Crippen LogP contribution in [0.5, 0.6) is 11.5 Å². The Kier molecular flexibility index (Phi) is 13.8. The summed E-state index contributed by atoms with van der Waals surface area (Å²) in [7, 11) is 5.52. The van der Waals surface area contributed by atoms with Crippen LogP contribution in [0.25, 0.3) is 38.7 Å². The van der Waals surface area contributed by atoms with Gasteiger partial charge in [-0.05, 0) is 46.9 Å². The number of fused-ring (bicyclic) bond motifs is 2. The number of esters is 1. The number of amides is 1. The number of phenolic OH excluding ortho intramolecular Hbond substituents is 1. The lowest BCUT2D eigenvalue weighted by molar-refractivity contribution is -0.160. The van der Waals surface area contributed by atoms with Crippen molar-refractivity contribution in [2.24, 2.45) is 23.7 Å². The third-order valence-corrected chi connectivity index (χ3v) is 14.0. The maximum Gasteiger partial charge on any atom is 0.307 e. The van der Waals surface area contributed by atoms with Crippen molar-refractivity contribution < 1.29 is 53.4 Å². The summed E-state index contributed by atoms with van der Waals surface area (Å²) >= 11 is 0. The molecule has 1 amide bonds. The van der Waals surface area contributed by atoms with Crippen LogP contribution in [-0.2, 0) is 23.8 Å². The fraction of sp³-hybridized carbons (Fsp3) is 0.500. The van der Waals surface area contributed by atoms with Crippen LogP contribution in [-0.4, -0.2) is 113 Å². The number of benzene rings is 3. The fourth-order valence-corrected chi connectivity index (χ4v) is 9.70. The molecule has 4 bridgehead atoms. The molecule has 7 rings (SSSR count). The topological polar surface area (TPSA) is 231 Å². The Morgan fingerprint density at radius 3 is 2.28 bits per heavy atom. The molecular formula is C50H62N4O13. The minimum absolute atomic E-state index is 0.0391. The zero-order chi connectivity index (χ0) is 49.0. The number of methoxy groups -OCH3 is 1. The van der Waals surface area contributed by atoms with Gasteiger partial charge in [0.1, 0.15) is 28.8 Å². The van der Waals surface area contributed by atoms with E-state index in [1.54, 1.807) is 45.9 Å². The molecule has 0 spiro atoms. The molecule has 360 valence electrons. The lowest BCUT2D eigenvalue weighted by Crippen LogP contribution is -2.46. The molecule has 0 radical (unpaired) electrons. The van der Waals surface area contributed by atoms with Gasteiger partial charge in [0.25, 0.3) is 5.91 Å². The summed E-state index contributed by atoms with van der Waals surface area (Å²) in [5.74, 6) is -6.93. The summed E-state index contributed by atoms with van der Waals surface area (Å²) in [5.41, 5.74) is -1.35. The molecular weight excluding hydrogens is 865 g/mol. The van der Waals surface area contributed by atoms with Gasteiger partial charge in [0.2, 0.25) is 10.9 Å². The highest BCUT2D eigenvalue weighted by atomic mass is 16.7. The van der Waals surface area contributed by atoms with Gasteiger partial charge in [0.15, 0.2) is 22.4 Å². The van der Waals surface area contributed by atoms with E-state index in [0.717, 1.165) is 12.8 Å². The maximum atomic E-state index is 14.9. The number of nitrogens with one attached hydrogen (secondary N) is 1. The van der Waals surface area contributed by atoms with Gasteiger partial charge in [-0.3, -0.25) is 19.2 Å². The number of piperidine rings is 1. The van der Waals surface area contributed by atoms with E-state index >= 15 is 0 Å². The monoisotopic (exact) mass is 926 g/mol. The third-order valence-electron chi connectivity index (χ3n) is 14.0. The molecule has 1 fully saturated rings. The highest BCUT2D eigenvalue weighted by Crippen LogP contribution is 2.42. The number of hydrogen-bond donors (Lipinski definition) is 5. The SMILES string of the molecule is CO[C@H]1/C=C/O[C@@]2(C)Oc3c(C)c(O)c4c(=O)c(c5oc6cc(N7CCC(N(C)C)CC7)cc(=O)c6nc5c4c3=C2O)NC(=O)/C(C)=C\C=C\[C@H](C)[C@H](O)[C@@H](C)[C@@H](O)[C@@H](C)[C@H](OC(C)=O)[C@@H]1C. The number of hydrogen-bond acceptors (Lipinski definition) is 16. The molecule has 67 heavy (non-hydrogen) atoms. The first kappa shape index (κ1) is 48.9. The fourth-order valence-electron chi connectivity index (χ4n) is 9.70. The number of aromatic nitrogens is 1. The second kappa shape index (κ2) is 18.9. The number of phenols is 1. The lowest BCUT2D eigenvalue weighted by Gasteiger charge is -2.38. The van der Waals surface area contributed by atoms with Gasteiger partial charge in [-0.1, -0.05) is 45.9 Å². The highest BCUT2D eigenvalue weighted by Gasteiger charge is 2.44. The largest absolute Gasteiger partial charge is 0.507 e. The first-order valence-corrected chi connectivity index (χ1v) is 22.6. The van der Waals surface area contributed by atoms with Crippen LogP contribution in [0.15, 0.2) is 62.3 Å². The number of aliphatic hydroxyl groups excluding tert-OH is 3. The van der Waals surface area contributed by atoms with Gasteiger partial charge in [-0.25, -0.2) is 4.98 Å². The second-order valence-electron chi connectivity index (χ2n) is 18.7. The van der Waals surface area contributed by atoms with E-state index in [1.165, 1.54) is 59.3 Å². The van der Waals surface area contributed by atoms with Crippen molar-refractivity contribution in [3.05, 3.63) is 79.5 Å². The number of carbonyl (C=O) groups is 2. The molecule has 4 heterocycles. The molecule has 17 heteroatoms. The molecule has 3 aliphatic heterocycles. The lowest BCUT2D eigenvalue weighted by atomic mass is 9.78. The molecule has 9 atom stereocenters. The number of allylic oxidation sites excluding steroid dienone is 2.